The number of hydrogen-bond donors (Lipinski definition) is 0. The fourth-order valence-electron chi connectivity index (χ4n) is 3.48. The lowest BCUT2D eigenvalue weighted by Gasteiger charge is -2.11. The summed E-state index contributed by atoms with van der Waals surface area (Å²) in [6.45, 7) is 5.25. The van der Waals surface area contributed by atoms with Gasteiger partial charge in [0.05, 0.1) is 5.57 Å². The Kier molecular flexibility index (Phi) is 7.78. The van der Waals surface area contributed by atoms with Gasteiger partial charge in [0.25, 0.3) is 0 Å². The van der Waals surface area contributed by atoms with Gasteiger partial charge in [0.15, 0.2) is 0 Å². The van der Waals surface area contributed by atoms with Crippen LogP contribution in [0.4, 0.5) is 0 Å². The number of oxime groups is 1. The maximum Gasteiger partial charge on any atom is 0.358 e. The van der Waals surface area contributed by atoms with E-state index >= 15 is 0 Å². The summed E-state index contributed by atoms with van der Waals surface area (Å²) in [6, 6.07) is 19.5. The lowest BCUT2D eigenvalue weighted by molar-refractivity contribution is 0.340. The maximum absolute atomic E-state index is 12.7. The first-order chi connectivity index (χ1) is 18.0. The van der Waals surface area contributed by atoms with Crippen molar-refractivity contribution in [3.8, 4) is 11.8 Å². The highest BCUT2D eigenvalue weighted by atomic mass is 32.2. The van der Waals surface area contributed by atoms with Gasteiger partial charge in [-0.15, -0.1) is 0 Å². The highest BCUT2D eigenvalue weighted by molar-refractivity contribution is 8.18. The number of hydrogen-bond acceptors (Lipinski definition) is 9. The zero-order chi connectivity index (χ0) is 27.5. The summed E-state index contributed by atoms with van der Waals surface area (Å²) in [4.78, 5) is 0.379. The number of nitriles is 1. The standard InChI is InChI=1S/C27H22N2O6S3/c1-18-8-10-21(11-9-18)37(30,31)34-25-13-12-22(16-20(25)3)38(32,33)35-29-27-15-14-26(36-27)24(17-28)23-7-5-4-6-19(23)2/h4-16H,1-3H3/b26-24-,29-27+. The normalized spacial score (nSPS) is 15.8. The van der Waals surface area contributed by atoms with Crippen molar-refractivity contribution in [1.82, 2.24) is 0 Å². The molecule has 8 nitrogen and oxygen atoms in total. The van der Waals surface area contributed by atoms with Gasteiger partial charge >= 0.3 is 20.2 Å². The summed E-state index contributed by atoms with van der Waals surface area (Å²) in [5.41, 5.74) is 3.33. The first-order valence-electron chi connectivity index (χ1n) is 11.2. The van der Waals surface area contributed by atoms with Gasteiger partial charge in [-0.2, -0.15) is 22.1 Å². The van der Waals surface area contributed by atoms with Crippen molar-refractivity contribution in [2.45, 2.75) is 30.6 Å². The third kappa shape index (κ3) is 5.99. The second-order valence-corrected chi connectivity index (χ2v) is 12.5. The molecule has 4 rings (SSSR count). The number of thioether (sulfide) groups is 1. The van der Waals surface area contributed by atoms with Crippen molar-refractivity contribution in [2.24, 2.45) is 5.16 Å². The number of rotatable bonds is 7. The molecular formula is C27H22N2O6S3. The Hall–Kier alpha value is -3.85. The fraction of sp³-hybridized carbons (Fsp3) is 0.111. The molecule has 1 aliphatic heterocycles. The van der Waals surface area contributed by atoms with Gasteiger partial charge in [0.2, 0.25) is 0 Å². The van der Waals surface area contributed by atoms with E-state index in [4.69, 9.17) is 8.47 Å². The number of aryl methyl sites for hydroxylation is 3. The van der Waals surface area contributed by atoms with Crippen molar-refractivity contribution in [3.63, 3.8) is 0 Å². The minimum Gasteiger partial charge on any atom is -0.379 e. The van der Waals surface area contributed by atoms with E-state index in [0.29, 0.717) is 10.5 Å². The Labute approximate surface area is 226 Å². The molecule has 0 aromatic heterocycles. The SMILES string of the molecule is Cc1ccc(S(=O)(=O)Oc2ccc(S(=O)(=O)O/N=C3C=C/C(=C(\C#N)c4ccccc4C)S\3)cc2C)cc1. The van der Waals surface area contributed by atoms with Gasteiger partial charge in [-0.05, 0) is 79.9 Å². The van der Waals surface area contributed by atoms with Crippen LogP contribution in [0.1, 0.15) is 22.3 Å². The van der Waals surface area contributed by atoms with Crippen LogP contribution in [0.25, 0.3) is 5.57 Å². The molecule has 1 aliphatic rings. The summed E-state index contributed by atoms with van der Waals surface area (Å²) < 4.78 is 60.8. The first kappa shape index (κ1) is 27.2. The molecule has 0 saturated heterocycles. The second kappa shape index (κ2) is 10.9. The molecule has 0 aliphatic carbocycles. The topological polar surface area (TPSA) is 123 Å². The minimum atomic E-state index is -4.31. The largest absolute Gasteiger partial charge is 0.379 e. The summed E-state index contributed by atoms with van der Waals surface area (Å²) in [7, 11) is -8.41. The molecule has 0 N–H and O–H groups in total. The molecule has 0 unspecified atom stereocenters. The van der Waals surface area contributed by atoms with Crippen LogP contribution in [0, 0.1) is 32.1 Å². The summed E-state index contributed by atoms with van der Waals surface area (Å²) in [5, 5.41) is 13.7. The van der Waals surface area contributed by atoms with Gasteiger partial charge in [0, 0.05) is 4.91 Å². The van der Waals surface area contributed by atoms with E-state index < -0.39 is 20.2 Å². The molecule has 11 heteroatoms. The van der Waals surface area contributed by atoms with E-state index in [2.05, 4.69) is 11.2 Å². The van der Waals surface area contributed by atoms with Crippen molar-refractivity contribution >= 4 is 42.6 Å². The van der Waals surface area contributed by atoms with Crippen molar-refractivity contribution in [3.05, 3.63) is 106 Å². The molecule has 0 saturated carbocycles. The van der Waals surface area contributed by atoms with E-state index in [-0.39, 0.29) is 26.1 Å². The third-order valence-electron chi connectivity index (χ3n) is 5.53. The van der Waals surface area contributed by atoms with E-state index in [9.17, 15) is 22.1 Å². The van der Waals surface area contributed by atoms with Crippen LogP contribution < -0.4 is 4.18 Å². The molecule has 1 heterocycles. The molecule has 194 valence electrons. The van der Waals surface area contributed by atoms with Crippen molar-refractivity contribution < 1.29 is 25.3 Å². The fourth-order valence-corrected chi connectivity index (χ4v) is 6.17. The predicted octanol–water partition coefficient (Wildman–Crippen LogP) is 5.64. The number of allylic oxidation sites excluding steroid dienone is 2. The molecular weight excluding hydrogens is 545 g/mol. The average Bonchev–Trinajstić information content (AvgIpc) is 3.34. The van der Waals surface area contributed by atoms with Crippen LogP contribution in [-0.2, 0) is 24.5 Å². The zero-order valence-corrected chi connectivity index (χ0v) is 23.0. The third-order valence-corrected chi connectivity index (χ3v) is 8.86. The van der Waals surface area contributed by atoms with Crippen LogP contribution in [0.2, 0.25) is 0 Å². The smallest absolute Gasteiger partial charge is 0.358 e. The van der Waals surface area contributed by atoms with E-state index in [0.717, 1.165) is 28.5 Å². The van der Waals surface area contributed by atoms with Gasteiger partial charge < -0.3 is 4.18 Å². The molecule has 0 fully saturated rings. The van der Waals surface area contributed by atoms with Crippen LogP contribution >= 0.6 is 11.8 Å². The lowest BCUT2D eigenvalue weighted by atomic mass is 10.0. The number of benzene rings is 3. The highest BCUT2D eigenvalue weighted by Gasteiger charge is 2.22. The summed E-state index contributed by atoms with van der Waals surface area (Å²) in [6.07, 6.45) is 3.23. The van der Waals surface area contributed by atoms with Crippen LogP contribution in [-0.4, -0.2) is 21.9 Å². The Balaban J connectivity index is 1.50. The second-order valence-electron chi connectivity index (χ2n) is 8.34. The van der Waals surface area contributed by atoms with Crippen LogP contribution in [0.15, 0.2) is 98.7 Å². The first-order valence-corrected chi connectivity index (χ1v) is 14.8. The maximum atomic E-state index is 12.7. The van der Waals surface area contributed by atoms with E-state index in [1.807, 2.05) is 38.1 Å². The molecule has 3 aromatic rings. The van der Waals surface area contributed by atoms with E-state index in [1.165, 1.54) is 37.3 Å². The number of nitrogens with zero attached hydrogens (tertiary/aromatic N) is 2. The Morgan fingerprint density at radius 3 is 2.18 bits per heavy atom. The monoisotopic (exact) mass is 566 g/mol. The van der Waals surface area contributed by atoms with Gasteiger partial charge in [-0.25, -0.2) is 0 Å². The Morgan fingerprint density at radius 1 is 0.842 bits per heavy atom. The predicted molar refractivity (Wildman–Crippen MR) is 146 cm³/mol. The molecule has 0 radical (unpaired) electrons. The molecule has 0 spiro atoms. The van der Waals surface area contributed by atoms with Gasteiger partial charge in [-0.1, -0.05) is 58.9 Å². The zero-order valence-electron chi connectivity index (χ0n) is 20.6. The summed E-state index contributed by atoms with van der Waals surface area (Å²) in [5.74, 6) is -0.0138. The molecule has 0 amide bonds. The minimum absolute atomic E-state index is 0.0138. The Bertz CT molecular complexity index is 1750. The Morgan fingerprint density at radius 2 is 1.53 bits per heavy atom. The van der Waals surface area contributed by atoms with Crippen LogP contribution in [0.3, 0.4) is 0 Å². The lowest BCUT2D eigenvalue weighted by Crippen LogP contribution is -2.11. The average molecular weight is 567 g/mol. The highest BCUT2D eigenvalue weighted by Crippen LogP contribution is 2.35. The molecule has 0 bridgehead atoms. The summed E-state index contributed by atoms with van der Waals surface area (Å²) >= 11 is 1.11. The molecule has 38 heavy (non-hydrogen) atoms. The van der Waals surface area contributed by atoms with Crippen molar-refractivity contribution in [2.75, 3.05) is 0 Å². The van der Waals surface area contributed by atoms with E-state index in [1.54, 1.807) is 24.3 Å². The van der Waals surface area contributed by atoms with Crippen LogP contribution in [0.5, 0.6) is 5.75 Å². The molecule has 3 aromatic carbocycles. The van der Waals surface area contributed by atoms with Gasteiger partial charge in [-0.3, -0.25) is 4.28 Å². The van der Waals surface area contributed by atoms with Gasteiger partial charge in [0.1, 0.15) is 26.7 Å². The molecule has 0 atom stereocenters. The quantitative estimate of drug-likeness (QED) is 0.205. The van der Waals surface area contributed by atoms with Crippen molar-refractivity contribution in [1.29, 1.82) is 5.26 Å².